The van der Waals surface area contributed by atoms with E-state index in [4.69, 9.17) is 0 Å². The summed E-state index contributed by atoms with van der Waals surface area (Å²) in [5.41, 5.74) is 2.83. The van der Waals surface area contributed by atoms with Gasteiger partial charge in [-0.05, 0) is 42.2 Å². The first-order valence-corrected chi connectivity index (χ1v) is 9.49. The Morgan fingerprint density at radius 3 is 2.64 bits per heavy atom. The van der Waals surface area contributed by atoms with Gasteiger partial charge in [0.05, 0.1) is 11.4 Å². The summed E-state index contributed by atoms with van der Waals surface area (Å²) in [7, 11) is 0. The Hall–Kier alpha value is -2.27. The maximum Gasteiger partial charge on any atom is 0.244 e. The van der Waals surface area contributed by atoms with Gasteiger partial charge in [-0.25, -0.2) is 0 Å². The molecule has 1 heterocycles. The van der Waals surface area contributed by atoms with Crippen molar-refractivity contribution in [1.82, 2.24) is 0 Å². The second-order valence-electron chi connectivity index (χ2n) is 6.22. The lowest BCUT2D eigenvalue weighted by atomic mass is 9.99. The van der Waals surface area contributed by atoms with Gasteiger partial charge >= 0.3 is 0 Å². The molecule has 0 saturated heterocycles. The Kier molecular flexibility index (Phi) is 5.43. The average Bonchev–Trinajstić information content (AvgIpc) is 2.64. The van der Waals surface area contributed by atoms with Crippen molar-refractivity contribution in [3.05, 3.63) is 54.1 Å². The molecule has 25 heavy (non-hydrogen) atoms. The molecule has 1 atom stereocenters. The van der Waals surface area contributed by atoms with Crippen molar-refractivity contribution in [1.29, 1.82) is 0 Å². The van der Waals surface area contributed by atoms with Crippen LogP contribution < -0.4 is 10.2 Å². The smallest absolute Gasteiger partial charge is 0.244 e. The van der Waals surface area contributed by atoms with Gasteiger partial charge in [-0.2, -0.15) is 0 Å². The molecule has 2 aromatic rings. The van der Waals surface area contributed by atoms with Crippen LogP contribution in [-0.2, 0) is 9.59 Å². The molecule has 1 aliphatic rings. The van der Waals surface area contributed by atoms with Crippen molar-refractivity contribution in [2.75, 3.05) is 22.5 Å². The molecule has 0 aromatic heterocycles. The number of thioether (sulfide) groups is 1. The summed E-state index contributed by atoms with van der Waals surface area (Å²) in [6.45, 7) is 4.38. The predicted octanol–water partition coefficient (Wildman–Crippen LogP) is 4.28. The summed E-state index contributed by atoms with van der Waals surface area (Å²) >= 11 is 1.52. The first-order chi connectivity index (χ1) is 12.1. The number of hydrogen-bond acceptors (Lipinski definition) is 3. The third kappa shape index (κ3) is 4.04. The molecule has 0 aliphatic carbocycles. The quantitative estimate of drug-likeness (QED) is 0.872. The summed E-state index contributed by atoms with van der Waals surface area (Å²) in [6, 6.07) is 15.6. The first kappa shape index (κ1) is 17.5. The fourth-order valence-corrected chi connectivity index (χ4v) is 3.74. The van der Waals surface area contributed by atoms with Crippen molar-refractivity contribution in [2.24, 2.45) is 0 Å². The molecule has 0 radical (unpaired) electrons. The van der Waals surface area contributed by atoms with E-state index in [1.54, 1.807) is 4.90 Å². The molecule has 0 saturated carbocycles. The topological polar surface area (TPSA) is 49.4 Å². The molecule has 4 nitrogen and oxygen atoms in total. The van der Waals surface area contributed by atoms with E-state index in [9.17, 15) is 9.59 Å². The molecule has 0 bridgehead atoms. The molecular weight excluding hydrogens is 332 g/mol. The van der Waals surface area contributed by atoms with Gasteiger partial charge in [0.2, 0.25) is 11.8 Å². The van der Waals surface area contributed by atoms with Crippen molar-refractivity contribution >= 4 is 35.0 Å². The maximum absolute atomic E-state index is 12.4. The van der Waals surface area contributed by atoms with Gasteiger partial charge in [0.25, 0.3) is 0 Å². The number of nitrogens with one attached hydrogen (secondary N) is 1. The Labute approximate surface area is 152 Å². The molecule has 0 spiro atoms. The molecule has 1 aliphatic heterocycles. The highest BCUT2D eigenvalue weighted by molar-refractivity contribution is 8.00. The third-order valence-electron chi connectivity index (χ3n) is 4.49. The van der Waals surface area contributed by atoms with E-state index in [0.29, 0.717) is 11.7 Å². The lowest BCUT2D eigenvalue weighted by Gasteiger charge is -2.28. The molecular formula is C20H22N2O2S. The van der Waals surface area contributed by atoms with E-state index in [2.05, 4.69) is 19.2 Å². The SMILES string of the molecule is CCC(C)c1ccc(NC(=O)CN2C(=O)CSc3ccccc32)cc1. The van der Waals surface area contributed by atoms with Crippen molar-refractivity contribution < 1.29 is 9.59 Å². The van der Waals surface area contributed by atoms with Crippen LogP contribution in [0.1, 0.15) is 31.7 Å². The molecule has 1 N–H and O–H groups in total. The molecule has 130 valence electrons. The Balaban J connectivity index is 1.67. The Morgan fingerprint density at radius 1 is 1.20 bits per heavy atom. The van der Waals surface area contributed by atoms with Crippen molar-refractivity contribution in [2.45, 2.75) is 31.1 Å². The van der Waals surface area contributed by atoms with Crippen LogP contribution in [0.25, 0.3) is 0 Å². The summed E-state index contributed by atoms with van der Waals surface area (Å²) < 4.78 is 0. The van der Waals surface area contributed by atoms with E-state index >= 15 is 0 Å². The lowest BCUT2D eigenvalue weighted by molar-refractivity contribution is -0.120. The van der Waals surface area contributed by atoms with Crippen LogP contribution in [0, 0.1) is 0 Å². The highest BCUT2D eigenvalue weighted by atomic mass is 32.2. The zero-order valence-electron chi connectivity index (χ0n) is 14.5. The standard InChI is InChI=1S/C20H22N2O2S/c1-3-14(2)15-8-10-16(11-9-15)21-19(23)12-22-17-6-4-5-7-18(17)25-13-20(22)24/h4-11,14H,3,12-13H2,1-2H3,(H,21,23). The van der Waals surface area contributed by atoms with Crippen LogP contribution in [0.2, 0.25) is 0 Å². The number of carbonyl (C=O) groups is 2. The number of hydrogen-bond donors (Lipinski definition) is 1. The van der Waals surface area contributed by atoms with Crippen LogP contribution >= 0.6 is 11.8 Å². The van der Waals surface area contributed by atoms with Gasteiger partial charge in [0, 0.05) is 10.6 Å². The predicted molar refractivity (Wildman–Crippen MR) is 103 cm³/mol. The molecule has 2 aromatic carbocycles. The number of benzene rings is 2. The van der Waals surface area contributed by atoms with Gasteiger partial charge < -0.3 is 10.2 Å². The number of nitrogens with zero attached hydrogens (tertiary/aromatic N) is 1. The number of para-hydroxylation sites is 1. The second-order valence-corrected chi connectivity index (χ2v) is 7.23. The minimum Gasteiger partial charge on any atom is -0.325 e. The van der Waals surface area contributed by atoms with Gasteiger partial charge in [-0.15, -0.1) is 11.8 Å². The summed E-state index contributed by atoms with van der Waals surface area (Å²) in [6.07, 6.45) is 1.08. The zero-order valence-corrected chi connectivity index (χ0v) is 15.3. The van der Waals surface area contributed by atoms with E-state index in [1.807, 2.05) is 48.5 Å². The third-order valence-corrected chi connectivity index (χ3v) is 5.53. The lowest BCUT2D eigenvalue weighted by Crippen LogP contribution is -2.41. The van der Waals surface area contributed by atoms with Gasteiger partial charge in [0.15, 0.2) is 0 Å². The van der Waals surface area contributed by atoms with Crippen LogP contribution in [0.4, 0.5) is 11.4 Å². The van der Waals surface area contributed by atoms with Crippen LogP contribution in [0.3, 0.4) is 0 Å². The first-order valence-electron chi connectivity index (χ1n) is 8.50. The van der Waals surface area contributed by atoms with Gasteiger partial charge in [-0.3, -0.25) is 9.59 Å². The molecule has 2 amide bonds. The van der Waals surface area contributed by atoms with Crippen molar-refractivity contribution in [3.8, 4) is 0 Å². The van der Waals surface area contributed by atoms with Crippen molar-refractivity contribution in [3.63, 3.8) is 0 Å². The monoisotopic (exact) mass is 354 g/mol. The van der Waals surface area contributed by atoms with E-state index in [-0.39, 0.29) is 18.4 Å². The normalized spacial score (nSPS) is 14.8. The summed E-state index contributed by atoms with van der Waals surface area (Å²) in [4.78, 5) is 27.2. The summed E-state index contributed by atoms with van der Waals surface area (Å²) in [5, 5.41) is 2.89. The fraction of sp³-hybridized carbons (Fsp3) is 0.300. The van der Waals surface area contributed by atoms with E-state index in [1.165, 1.54) is 17.3 Å². The van der Waals surface area contributed by atoms with Gasteiger partial charge in [0.1, 0.15) is 6.54 Å². The minimum atomic E-state index is -0.189. The highest BCUT2D eigenvalue weighted by Crippen LogP contribution is 2.34. The molecule has 0 fully saturated rings. The zero-order chi connectivity index (χ0) is 17.8. The van der Waals surface area contributed by atoms with E-state index < -0.39 is 0 Å². The number of amides is 2. The molecule has 1 unspecified atom stereocenters. The minimum absolute atomic E-state index is 0.0313. The molecule has 5 heteroatoms. The van der Waals surface area contributed by atoms with Crippen LogP contribution in [0.5, 0.6) is 0 Å². The number of fused-ring (bicyclic) bond motifs is 1. The fourth-order valence-electron chi connectivity index (χ4n) is 2.80. The van der Waals surface area contributed by atoms with E-state index in [0.717, 1.165) is 22.7 Å². The Bertz CT molecular complexity index is 774. The summed E-state index contributed by atoms with van der Waals surface area (Å²) in [5.74, 6) is 0.649. The second kappa shape index (κ2) is 7.74. The number of rotatable bonds is 5. The van der Waals surface area contributed by atoms with Crippen LogP contribution in [-0.4, -0.2) is 24.1 Å². The largest absolute Gasteiger partial charge is 0.325 e. The molecule has 3 rings (SSSR count). The maximum atomic E-state index is 12.4. The highest BCUT2D eigenvalue weighted by Gasteiger charge is 2.26. The Morgan fingerprint density at radius 2 is 1.92 bits per heavy atom. The van der Waals surface area contributed by atoms with Crippen LogP contribution in [0.15, 0.2) is 53.4 Å². The number of carbonyl (C=O) groups excluding carboxylic acids is 2. The van der Waals surface area contributed by atoms with Gasteiger partial charge in [-0.1, -0.05) is 38.1 Å². The average molecular weight is 354 g/mol. The number of anilines is 2.